The number of nitrogen functional groups attached to an aromatic ring is 1. The van der Waals surface area contributed by atoms with Gasteiger partial charge in [0.1, 0.15) is 17.3 Å². The summed E-state index contributed by atoms with van der Waals surface area (Å²) < 4.78 is 5.78. The third kappa shape index (κ3) is 5.52. The van der Waals surface area contributed by atoms with Crippen molar-refractivity contribution in [3.05, 3.63) is 78.0 Å². The molecular formula is C21H20N4O2S. The Morgan fingerprint density at radius 1 is 1.11 bits per heavy atom. The second-order valence-corrected chi connectivity index (χ2v) is 6.57. The first-order chi connectivity index (χ1) is 13.5. The van der Waals surface area contributed by atoms with Gasteiger partial charge in [-0.25, -0.2) is 4.98 Å². The van der Waals surface area contributed by atoms with Gasteiger partial charge in [0.25, 0.3) is 0 Å². The van der Waals surface area contributed by atoms with Gasteiger partial charge in [-0.3, -0.25) is 4.79 Å². The number of carbonyl (C=O) groups excluding carboxylic acids is 1. The molecule has 7 heteroatoms. The third-order valence-corrected chi connectivity index (χ3v) is 4.10. The van der Waals surface area contributed by atoms with Gasteiger partial charge in [-0.1, -0.05) is 30.3 Å². The molecule has 0 saturated heterocycles. The summed E-state index contributed by atoms with van der Waals surface area (Å²) in [5.41, 5.74) is 8.29. The molecule has 0 aliphatic rings. The first kappa shape index (κ1) is 19.3. The smallest absolute Gasteiger partial charge is 0.230 e. The molecule has 0 aliphatic carbocycles. The van der Waals surface area contributed by atoms with Crippen LogP contribution in [0.4, 0.5) is 11.5 Å². The van der Waals surface area contributed by atoms with Crippen LogP contribution < -0.4 is 21.1 Å². The number of hydrogen-bond acceptors (Lipinski definition) is 5. The Morgan fingerprint density at radius 2 is 1.86 bits per heavy atom. The molecule has 3 rings (SSSR count). The molecule has 0 bridgehead atoms. The molecule has 6 nitrogen and oxygen atoms in total. The summed E-state index contributed by atoms with van der Waals surface area (Å²) in [7, 11) is 0. The first-order valence-electron chi connectivity index (χ1n) is 8.64. The van der Waals surface area contributed by atoms with Gasteiger partial charge in [-0.2, -0.15) is 0 Å². The van der Waals surface area contributed by atoms with Crippen LogP contribution in [0.5, 0.6) is 11.5 Å². The lowest BCUT2D eigenvalue weighted by molar-refractivity contribution is -0.119. The molecule has 0 unspecified atom stereocenters. The van der Waals surface area contributed by atoms with Crippen molar-refractivity contribution in [2.45, 2.75) is 13.3 Å². The molecule has 1 aromatic heterocycles. The van der Waals surface area contributed by atoms with Gasteiger partial charge in [-0.15, -0.1) is 0 Å². The number of hydrogen-bond donors (Lipinski definition) is 3. The molecule has 3 aromatic rings. The molecule has 0 atom stereocenters. The number of thiocarbonyl (C=S) groups is 1. The number of carbonyl (C=O) groups is 1. The molecule has 0 radical (unpaired) electrons. The summed E-state index contributed by atoms with van der Waals surface area (Å²) in [4.78, 5) is 16.0. The predicted molar refractivity (Wildman–Crippen MR) is 114 cm³/mol. The quantitative estimate of drug-likeness (QED) is 0.572. The molecule has 0 spiro atoms. The molecular weight excluding hydrogens is 372 g/mol. The van der Waals surface area contributed by atoms with Gasteiger partial charge >= 0.3 is 0 Å². The summed E-state index contributed by atoms with van der Waals surface area (Å²) in [6, 6.07) is 18.4. The minimum atomic E-state index is -0.170. The van der Waals surface area contributed by atoms with Gasteiger partial charge in [0.05, 0.1) is 6.42 Å². The van der Waals surface area contributed by atoms with E-state index >= 15 is 0 Å². The Kier molecular flexibility index (Phi) is 6.18. The van der Waals surface area contributed by atoms with E-state index < -0.39 is 0 Å². The van der Waals surface area contributed by atoms with E-state index in [4.69, 9.17) is 22.7 Å². The van der Waals surface area contributed by atoms with Crippen molar-refractivity contribution in [1.82, 2.24) is 10.3 Å². The van der Waals surface area contributed by atoms with E-state index in [0.717, 1.165) is 16.8 Å². The second-order valence-electron chi connectivity index (χ2n) is 6.16. The lowest BCUT2D eigenvalue weighted by Gasteiger charge is -2.13. The maximum absolute atomic E-state index is 12.1. The highest BCUT2D eigenvalue weighted by atomic mass is 32.1. The molecule has 0 saturated carbocycles. The van der Waals surface area contributed by atoms with Gasteiger partial charge < -0.3 is 21.1 Å². The van der Waals surface area contributed by atoms with E-state index in [1.807, 2.05) is 49.4 Å². The Hall–Kier alpha value is -3.45. The first-order valence-corrected chi connectivity index (χ1v) is 9.05. The van der Waals surface area contributed by atoms with Crippen LogP contribution in [0.3, 0.4) is 0 Å². The van der Waals surface area contributed by atoms with Crippen molar-refractivity contribution in [3.63, 3.8) is 0 Å². The minimum Gasteiger partial charge on any atom is -0.457 e. The fraction of sp³-hybridized carbons (Fsp3) is 0.0952. The van der Waals surface area contributed by atoms with Crippen LogP contribution in [0.15, 0.2) is 66.9 Å². The molecule has 1 amide bonds. The normalized spacial score (nSPS) is 10.2. The second kappa shape index (κ2) is 8.96. The monoisotopic (exact) mass is 392 g/mol. The van der Waals surface area contributed by atoms with Crippen LogP contribution in [-0.2, 0) is 11.2 Å². The van der Waals surface area contributed by atoms with Gasteiger partial charge in [0.2, 0.25) is 5.91 Å². The number of benzene rings is 2. The van der Waals surface area contributed by atoms with Crippen molar-refractivity contribution in [2.24, 2.45) is 0 Å². The summed E-state index contributed by atoms with van der Waals surface area (Å²) >= 11 is 5.25. The number of aromatic nitrogens is 1. The predicted octanol–water partition coefficient (Wildman–Crippen LogP) is 3.82. The van der Waals surface area contributed by atoms with E-state index in [1.54, 1.807) is 24.4 Å². The lowest BCUT2D eigenvalue weighted by atomic mass is 10.1. The fourth-order valence-corrected chi connectivity index (χ4v) is 2.80. The molecule has 1 heterocycles. The SMILES string of the molecule is Cc1cc(Oc2ccnc(N)c2)ccc1NC(=S)NC(=O)Cc1ccccc1. The molecule has 2 aromatic carbocycles. The molecule has 0 aliphatic heterocycles. The highest BCUT2D eigenvalue weighted by Gasteiger charge is 2.08. The topological polar surface area (TPSA) is 89.3 Å². The van der Waals surface area contributed by atoms with E-state index in [-0.39, 0.29) is 17.4 Å². The number of nitrogens with zero attached hydrogens (tertiary/aromatic N) is 1. The van der Waals surface area contributed by atoms with Gasteiger partial charge in [-0.05, 0) is 54.5 Å². The van der Waals surface area contributed by atoms with Crippen molar-refractivity contribution < 1.29 is 9.53 Å². The summed E-state index contributed by atoms with van der Waals surface area (Å²) in [6.45, 7) is 1.92. The van der Waals surface area contributed by atoms with Crippen molar-refractivity contribution in [1.29, 1.82) is 0 Å². The maximum atomic E-state index is 12.1. The molecule has 0 fully saturated rings. The van der Waals surface area contributed by atoms with Crippen LogP contribution in [0.2, 0.25) is 0 Å². The Morgan fingerprint density at radius 3 is 2.57 bits per heavy atom. The maximum Gasteiger partial charge on any atom is 0.230 e. The number of amides is 1. The zero-order chi connectivity index (χ0) is 19.9. The van der Waals surface area contributed by atoms with Crippen LogP contribution in [0, 0.1) is 6.92 Å². The lowest BCUT2D eigenvalue weighted by Crippen LogP contribution is -2.35. The molecule has 142 valence electrons. The Bertz CT molecular complexity index is 993. The van der Waals surface area contributed by atoms with E-state index in [9.17, 15) is 4.79 Å². The van der Waals surface area contributed by atoms with Crippen LogP contribution in [-0.4, -0.2) is 16.0 Å². The summed E-state index contributed by atoms with van der Waals surface area (Å²) in [6.07, 6.45) is 1.85. The highest BCUT2D eigenvalue weighted by Crippen LogP contribution is 2.26. The molecule has 4 N–H and O–H groups in total. The Labute approximate surface area is 168 Å². The summed E-state index contributed by atoms with van der Waals surface area (Å²) in [5, 5.41) is 5.98. The van der Waals surface area contributed by atoms with E-state index in [0.29, 0.717) is 17.3 Å². The fourth-order valence-electron chi connectivity index (χ4n) is 2.57. The van der Waals surface area contributed by atoms with Crippen molar-refractivity contribution in [2.75, 3.05) is 11.1 Å². The zero-order valence-electron chi connectivity index (χ0n) is 15.3. The van der Waals surface area contributed by atoms with Gasteiger partial charge in [0, 0.05) is 18.0 Å². The highest BCUT2D eigenvalue weighted by molar-refractivity contribution is 7.80. The number of pyridine rings is 1. The van der Waals surface area contributed by atoms with Crippen LogP contribution in [0.1, 0.15) is 11.1 Å². The number of anilines is 2. The average Bonchev–Trinajstić information content (AvgIpc) is 2.64. The van der Waals surface area contributed by atoms with Crippen LogP contribution in [0.25, 0.3) is 0 Å². The van der Waals surface area contributed by atoms with Crippen LogP contribution >= 0.6 is 12.2 Å². The Balaban J connectivity index is 1.58. The number of ether oxygens (including phenoxy) is 1. The van der Waals surface area contributed by atoms with E-state index in [1.165, 1.54) is 0 Å². The van der Waals surface area contributed by atoms with Crippen molar-refractivity contribution in [3.8, 4) is 11.5 Å². The largest absolute Gasteiger partial charge is 0.457 e. The van der Waals surface area contributed by atoms with E-state index in [2.05, 4.69) is 15.6 Å². The number of nitrogens with one attached hydrogen (secondary N) is 2. The molecule has 28 heavy (non-hydrogen) atoms. The zero-order valence-corrected chi connectivity index (χ0v) is 16.1. The standard InChI is InChI=1S/C21H20N4O2S/c1-14-11-16(27-17-9-10-23-19(22)13-17)7-8-18(14)24-21(28)25-20(26)12-15-5-3-2-4-6-15/h2-11,13H,12H2,1H3,(H2,22,23)(H2,24,25,26,28). The third-order valence-electron chi connectivity index (χ3n) is 3.89. The number of rotatable bonds is 5. The number of aryl methyl sites for hydroxylation is 1. The van der Waals surface area contributed by atoms with Crippen molar-refractivity contribution >= 4 is 34.7 Å². The number of nitrogens with two attached hydrogens (primary N) is 1. The summed E-state index contributed by atoms with van der Waals surface area (Å²) in [5.74, 6) is 1.49. The van der Waals surface area contributed by atoms with Gasteiger partial charge in [0.15, 0.2) is 5.11 Å². The average molecular weight is 392 g/mol. The minimum absolute atomic E-state index is 0.170.